The molecule has 0 radical (unpaired) electrons. The van der Waals surface area contributed by atoms with E-state index in [2.05, 4.69) is 15.4 Å². The number of amides is 1. The van der Waals surface area contributed by atoms with Crippen LogP contribution in [-0.2, 0) is 11.3 Å². The monoisotopic (exact) mass is 418 g/mol. The third kappa shape index (κ3) is 4.23. The molecule has 0 unspecified atom stereocenters. The van der Waals surface area contributed by atoms with Crippen molar-refractivity contribution in [3.63, 3.8) is 0 Å². The Morgan fingerprint density at radius 2 is 1.93 bits per heavy atom. The van der Waals surface area contributed by atoms with E-state index in [4.69, 9.17) is 16.3 Å². The maximum absolute atomic E-state index is 12.7. The number of esters is 1. The summed E-state index contributed by atoms with van der Waals surface area (Å²) in [6.07, 6.45) is 0. The van der Waals surface area contributed by atoms with Gasteiger partial charge in [-0.05, 0) is 26.3 Å². The Hall–Kier alpha value is -2.71. The summed E-state index contributed by atoms with van der Waals surface area (Å²) in [6.45, 7) is 5.87. The fourth-order valence-electron chi connectivity index (χ4n) is 2.67. The number of hydrogen-bond donors (Lipinski definition) is 1. The maximum atomic E-state index is 12.7. The molecular weight excluding hydrogens is 400 g/mol. The molecule has 0 saturated carbocycles. The summed E-state index contributed by atoms with van der Waals surface area (Å²) in [5.41, 5.74) is 2.32. The number of nitrogens with one attached hydrogen (secondary N) is 1. The number of aryl methyl sites for hydroxylation is 2. The molecule has 0 bridgehead atoms. The molecule has 0 fully saturated rings. The van der Waals surface area contributed by atoms with Gasteiger partial charge in [0.05, 0.1) is 30.1 Å². The van der Waals surface area contributed by atoms with E-state index in [-0.39, 0.29) is 17.3 Å². The maximum Gasteiger partial charge on any atom is 0.350 e. The summed E-state index contributed by atoms with van der Waals surface area (Å²) < 4.78 is 6.58. The Kier molecular flexibility index (Phi) is 6.11. The molecule has 28 heavy (non-hydrogen) atoms. The molecule has 0 atom stereocenters. The molecule has 2 heterocycles. The molecule has 3 aromatic rings. The van der Waals surface area contributed by atoms with Crippen LogP contribution in [-0.4, -0.2) is 33.2 Å². The average Bonchev–Trinajstić information content (AvgIpc) is 3.15. The number of rotatable bonds is 6. The lowest BCUT2D eigenvalue weighted by Crippen LogP contribution is -2.13. The number of hydrogen-bond acceptors (Lipinski definition) is 6. The zero-order chi connectivity index (χ0) is 20.3. The second-order valence-electron chi connectivity index (χ2n) is 6.00. The molecule has 1 amide bonds. The Morgan fingerprint density at radius 1 is 1.21 bits per heavy atom. The van der Waals surface area contributed by atoms with Gasteiger partial charge >= 0.3 is 5.97 Å². The summed E-state index contributed by atoms with van der Waals surface area (Å²) in [7, 11) is 0. The molecule has 0 aliphatic heterocycles. The first kappa shape index (κ1) is 20.0. The third-order valence-corrected chi connectivity index (χ3v) is 5.38. The standard InChI is InChI=1S/C19H19ClN4O3S/c1-4-27-18(26)15-12(3)21-19(28-15)22-17(25)14-11(2)23-24(16(14)20)10-13-8-6-5-7-9-13/h5-9H,4,10H2,1-3H3,(H,21,22,25). The number of benzene rings is 1. The Bertz CT molecular complexity index is 1010. The molecule has 9 heteroatoms. The van der Waals surface area contributed by atoms with Crippen LogP contribution < -0.4 is 5.32 Å². The minimum atomic E-state index is -0.456. The van der Waals surface area contributed by atoms with E-state index < -0.39 is 11.9 Å². The molecule has 1 N–H and O–H groups in total. The minimum absolute atomic E-state index is 0.248. The molecule has 0 aliphatic rings. The third-order valence-electron chi connectivity index (χ3n) is 3.95. The average molecular weight is 419 g/mol. The number of ether oxygens (including phenoxy) is 1. The van der Waals surface area contributed by atoms with Gasteiger partial charge in [-0.2, -0.15) is 5.10 Å². The number of aromatic nitrogens is 3. The van der Waals surface area contributed by atoms with Gasteiger partial charge in [-0.1, -0.05) is 53.3 Å². The van der Waals surface area contributed by atoms with Crippen LogP contribution in [0, 0.1) is 13.8 Å². The van der Waals surface area contributed by atoms with Gasteiger partial charge in [0.2, 0.25) is 0 Å². The first-order valence-corrected chi connectivity index (χ1v) is 9.82. The number of carbonyl (C=O) groups excluding carboxylic acids is 2. The van der Waals surface area contributed by atoms with Gasteiger partial charge in [-0.15, -0.1) is 0 Å². The van der Waals surface area contributed by atoms with E-state index in [9.17, 15) is 9.59 Å². The van der Waals surface area contributed by atoms with E-state index in [1.165, 1.54) is 0 Å². The highest BCUT2D eigenvalue weighted by Crippen LogP contribution is 2.26. The quantitative estimate of drug-likeness (QED) is 0.609. The highest BCUT2D eigenvalue weighted by Gasteiger charge is 2.23. The molecule has 1 aromatic carbocycles. The van der Waals surface area contributed by atoms with Crippen molar-refractivity contribution in [2.24, 2.45) is 0 Å². The first-order chi connectivity index (χ1) is 13.4. The van der Waals surface area contributed by atoms with E-state index in [0.29, 0.717) is 27.9 Å². The zero-order valence-corrected chi connectivity index (χ0v) is 17.2. The smallest absolute Gasteiger partial charge is 0.350 e. The molecule has 3 rings (SSSR count). The number of nitrogens with zero attached hydrogens (tertiary/aromatic N) is 3. The summed E-state index contributed by atoms with van der Waals surface area (Å²) in [4.78, 5) is 29.2. The van der Waals surface area contributed by atoms with Crippen LogP contribution >= 0.6 is 22.9 Å². The van der Waals surface area contributed by atoms with E-state index in [0.717, 1.165) is 16.9 Å². The lowest BCUT2D eigenvalue weighted by Gasteiger charge is -2.04. The fourth-order valence-corrected chi connectivity index (χ4v) is 3.84. The summed E-state index contributed by atoms with van der Waals surface area (Å²) in [6, 6.07) is 9.71. The lowest BCUT2D eigenvalue weighted by molar-refractivity contribution is 0.0531. The van der Waals surface area contributed by atoms with Gasteiger partial charge in [0, 0.05) is 0 Å². The van der Waals surface area contributed by atoms with Crippen LogP contribution in [0.25, 0.3) is 0 Å². The van der Waals surface area contributed by atoms with Crippen molar-refractivity contribution >= 4 is 39.9 Å². The highest BCUT2D eigenvalue weighted by atomic mass is 35.5. The van der Waals surface area contributed by atoms with Crippen LogP contribution in [0.4, 0.5) is 5.13 Å². The van der Waals surface area contributed by atoms with Crippen LogP contribution in [0.15, 0.2) is 30.3 Å². The minimum Gasteiger partial charge on any atom is -0.462 e. The van der Waals surface area contributed by atoms with Gasteiger partial charge < -0.3 is 4.74 Å². The SMILES string of the molecule is CCOC(=O)c1sc(NC(=O)c2c(C)nn(Cc3ccccc3)c2Cl)nc1C. The Morgan fingerprint density at radius 3 is 2.61 bits per heavy atom. The molecular formula is C19H19ClN4O3S. The predicted molar refractivity (Wildman–Crippen MR) is 108 cm³/mol. The van der Waals surface area contributed by atoms with E-state index in [1.807, 2.05) is 30.3 Å². The van der Waals surface area contributed by atoms with Crippen LogP contribution in [0.5, 0.6) is 0 Å². The highest BCUT2D eigenvalue weighted by molar-refractivity contribution is 7.17. The van der Waals surface area contributed by atoms with E-state index >= 15 is 0 Å². The molecule has 7 nitrogen and oxygen atoms in total. The largest absolute Gasteiger partial charge is 0.462 e. The summed E-state index contributed by atoms with van der Waals surface area (Å²) in [5.74, 6) is -0.881. The second-order valence-corrected chi connectivity index (χ2v) is 7.36. The Labute approximate surface area is 171 Å². The van der Waals surface area contributed by atoms with Crippen LogP contribution in [0.3, 0.4) is 0 Å². The number of carbonyl (C=O) groups is 2. The predicted octanol–water partition coefficient (Wildman–Crippen LogP) is 4.09. The van der Waals surface area contributed by atoms with Crippen molar-refractivity contribution in [2.45, 2.75) is 27.3 Å². The van der Waals surface area contributed by atoms with Crippen LogP contribution in [0.1, 0.15) is 43.9 Å². The number of halogens is 1. The van der Waals surface area contributed by atoms with Crippen molar-refractivity contribution < 1.29 is 14.3 Å². The van der Waals surface area contributed by atoms with Crippen molar-refractivity contribution in [1.29, 1.82) is 0 Å². The van der Waals surface area contributed by atoms with Gasteiger partial charge in [-0.3, -0.25) is 10.1 Å². The van der Waals surface area contributed by atoms with Crippen molar-refractivity contribution in [3.05, 3.63) is 62.9 Å². The van der Waals surface area contributed by atoms with Gasteiger partial charge in [0.1, 0.15) is 10.0 Å². The van der Waals surface area contributed by atoms with E-state index in [1.54, 1.807) is 25.5 Å². The van der Waals surface area contributed by atoms with Crippen molar-refractivity contribution in [2.75, 3.05) is 11.9 Å². The molecule has 0 saturated heterocycles. The second kappa shape index (κ2) is 8.53. The van der Waals surface area contributed by atoms with Crippen molar-refractivity contribution in [3.8, 4) is 0 Å². The van der Waals surface area contributed by atoms with Gasteiger partial charge in [0.15, 0.2) is 5.13 Å². The number of thiazole rings is 1. The molecule has 0 spiro atoms. The molecule has 0 aliphatic carbocycles. The topological polar surface area (TPSA) is 86.1 Å². The van der Waals surface area contributed by atoms with Gasteiger partial charge in [0.25, 0.3) is 5.91 Å². The van der Waals surface area contributed by atoms with Crippen LogP contribution in [0.2, 0.25) is 5.15 Å². The van der Waals surface area contributed by atoms with Crippen molar-refractivity contribution in [1.82, 2.24) is 14.8 Å². The van der Waals surface area contributed by atoms with Gasteiger partial charge in [-0.25, -0.2) is 14.5 Å². The fraction of sp³-hybridized carbons (Fsp3) is 0.263. The molecule has 2 aromatic heterocycles. The zero-order valence-electron chi connectivity index (χ0n) is 15.7. The summed E-state index contributed by atoms with van der Waals surface area (Å²) >= 11 is 7.48. The first-order valence-electron chi connectivity index (χ1n) is 8.63. The number of anilines is 1. The lowest BCUT2D eigenvalue weighted by atomic mass is 10.2. The normalized spacial score (nSPS) is 10.7. The summed E-state index contributed by atoms with van der Waals surface area (Å²) in [5, 5.41) is 7.62. The molecule has 146 valence electrons. The Balaban J connectivity index is 1.80.